The van der Waals surface area contributed by atoms with Crippen LogP contribution in [0.25, 0.3) is 0 Å². The van der Waals surface area contributed by atoms with Crippen LogP contribution in [0.2, 0.25) is 5.02 Å². The lowest BCUT2D eigenvalue weighted by molar-refractivity contribution is -0.129. The first-order valence-electron chi connectivity index (χ1n) is 9.74. The summed E-state index contributed by atoms with van der Waals surface area (Å²) in [6, 6.07) is 16.2. The van der Waals surface area contributed by atoms with Crippen LogP contribution in [0.5, 0.6) is 0 Å². The Hall–Kier alpha value is -2.51. The normalized spacial score (nSPS) is 17.5. The molecule has 0 aromatic heterocycles. The molecule has 0 saturated carbocycles. The molecule has 3 rings (SSSR count). The second-order valence-electron chi connectivity index (χ2n) is 7.49. The van der Waals surface area contributed by atoms with E-state index in [0.29, 0.717) is 30.1 Å². The van der Waals surface area contributed by atoms with Gasteiger partial charge in [-0.1, -0.05) is 42.8 Å². The Kier molecular flexibility index (Phi) is 6.26. The molecule has 2 aromatic rings. The fourth-order valence-corrected chi connectivity index (χ4v) is 3.96. The van der Waals surface area contributed by atoms with Gasteiger partial charge < -0.3 is 9.80 Å². The minimum atomic E-state index is 0.0742. The molecule has 1 aliphatic rings. The van der Waals surface area contributed by atoms with Crippen LogP contribution < -0.4 is 4.90 Å². The van der Waals surface area contributed by atoms with Crippen LogP contribution in [0.4, 0.5) is 5.69 Å². The topological polar surface area (TPSA) is 47.3 Å². The van der Waals surface area contributed by atoms with E-state index in [-0.39, 0.29) is 18.0 Å². The summed E-state index contributed by atoms with van der Waals surface area (Å²) in [4.78, 5) is 16.9. The lowest BCUT2D eigenvalue weighted by Crippen LogP contribution is -2.39. The monoisotopic (exact) mass is 395 g/mol. The summed E-state index contributed by atoms with van der Waals surface area (Å²) in [6.45, 7) is 7.71. The van der Waals surface area contributed by atoms with E-state index >= 15 is 0 Å². The molecule has 0 aliphatic carbocycles. The zero-order valence-electron chi connectivity index (χ0n) is 16.7. The predicted octanol–water partition coefficient (Wildman–Crippen LogP) is 4.93. The van der Waals surface area contributed by atoms with E-state index in [2.05, 4.69) is 43.9 Å². The molecule has 5 heteroatoms. The van der Waals surface area contributed by atoms with Gasteiger partial charge in [0.05, 0.1) is 16.6 Å². The number of halogens is 1. The number of likely N-dealkylation sites (tertiary alicyclic amines) is 1. The molecule has 1 unspecified atom stereocenters. The summed E-state index contributed by atoms with van der Waals surface area (Å²) in [5, 5.41) is 9.63. The molecule has 146 valence electrons. The van der Waals surface area contributed by atoms with Gasteiger partial charge in [-0.2, -0.15) is 5.26 Å². The van der Waals surface area contributed by atoms with Gasteiger partial charge in [0, 0.05) is 31.2 Å². The number of amides is 1. The summed E-state index contributed by atoms with van der Waals surface area (Å²) in [5.74, 6) is 0.203. The van der Waals surface area contributed by atoms with E-state index in [1.807, 2.05) is 29.2 Å². The zero-order valence-corrected chi connectivity index (χ0v) is 17.4. The number of hydrogen-bond donors (Lipinski definition) is 0. The van der Waals surface area contributed by atoms with Crippen LogP contribution in [0.15, 0.2) is 42.5 Å². The fraction of sp³-hybridized carbons (Fsp3) is 0.391. The molecular formula is C23H26ClN3O. The van der Waals surface area contributed by atoms with E-state index in [9.17, 15) is 10.1 Å². The maximum Gasteiger partial charge on any atom is 0.225 e. The van der Waals surface area contributed by atoms with Crippen molar-refractivity contribution in [1.82, 2.24) is 4.90 Å². The van der Waals surface area contributed by atoms with Gasteiger partial charge in [0.15, 0.2) is 0 Å². The second kappa shape index (κ2) is 8.67. The molecule has 4 nitrogen and oxygen atoms in total. The van der Waals surface area contributed by atoms with Crippen LogP contribution in [-0.4, -0.2) is 29.4 Å². The van der Waals surface area contributed by atoms with E-state index in [1.54, 1.807) is 6.07 Å². The number of nitrogens with zero attached hydrogens (tertiary/aromatic N) is 3. The molecule has 0 N–H and O–H groups in total. The molecule has 1 aliphatic heterocycles. The minimum Gasteiger partial charge on any atom is -0.362 e. The standard InChI is InChI=1S/C23H26ClN3O/c1-4-17(3)26-15-21(12-23(26)28)27(14-19-8-6-5-7-16(19)2)20-10-9-18(13-25)22(24)11-20/h5-11,17,21H,4,12,14-15H2,1-3H3/t17?,21-/m0/s1. The summed E-state index contributed by atoms with van der Waals surface area (Å²) >= 11 is 6.32. The van der Waals surface area contributed by atoms with Crippen molar-refractivity contribution in [2.24, 2.45) is 0 Å². The van der Waals surface area contributed by atoms with Crippen molar-refractivity contribution < 1.29 is 4.79 Å². The third kappa shape index (κ3) is 4.15. The lowest BCUT2D eigenvalue weighted by Gasteiger charge is -2.32. The van der Waals surface area contributed by atoms with Gasteiger partial charge in [0.25, 0.3) is 0 Å². The molecule has 1 fully saturated rings. The van der Waals surface area contributed by atoms with Crippen LogP contribution in [0.1, 0.15) is 43.4 Å². The van der Waals surface area contributed by atoms with Crippen molar-refractivity contribution in [3.8, 4) is 6.07 Å². The van der Waals surface area contributed by atoms with Crippen LogP contribution in [0, 0.1) is 18.3 Å². The Labute approximate surface area is 172 Å². The Morgan fingerprint density at radius 2 is 2.07 bits per heavy atom. The smallest absolute Gasteiger partial charge is 0.225 e. The van der Waals surface area contributed by atoms with Crippen molar-refractivity contribution in [3.63, 3.8) is 0 Å². The van der Waals surface area contributed by atoms with Crippen molar-refractivity contribution in [2.45, 2.75) is 52.2 Å². The maximum atomic E-state index is 12.6. The van der Waals surface area contributed by atoms with Gasteiger partial charge in [-0.3, -0.25) is 4.79 Å². The fourth-order valence-electron chi connectivity index (χ4n) is 3.74. The summed E-state index contributed by atoms with van der Waals surface area (Å²) in [6.07, 6.45) is 1.44. The molecule has 2 atom stereocenters. The highest BCUT2D eigenvalue weighted by Gasteiger charge is 2.35. The van der Waals surface area contributed by atoms with Gasteiger partial charge in [-0.15, -0.1) is 0 Å². The number of nitriles is 1. The van der Waals surface area contributed by atoms with Crippen molar-refractivity contribution in [1.29, 1.82) is 5.26 Å². The van der Waals surface area contributed by atoms with Crippen molar-refractivity contribution >= 4 is 23.2 Å². The predicted molar refractivity (Wildman–Crippen MR) is 113 cm³/mol. The van der Waals surface area contributed by atoms with Crippen LogP contribution >= 0.6 is 11.6 Å². The molecule has 0 bridgehead atoms. The maximum absolute atomic E-state index is 12.6. The van der Waals surface area contributed by atoms with E-state index < -0.39 is 0 Å². The summed E-state index contributed by atoms with van der Waals surface area (Å²) < 4.78 is 0. The molecule has 0 radical (unpaired) electrons. The SMILES string of the molecule is CCC(C)N1C[C@@H](N(Cc2ccccc2C)c2ccc(C#N)c(Cl)c2)CC1=O. The first kappa shape index (κ1) is 20.2. The molecular weight excluding hydrogens is 370 g/mol. The van der Waals surface area contributed by atoms with Crippen LogP contribution in [0.3, 0.4) is 0 Å². The number of carbonyl (C=O) groups excluding carboxylic acids is 1. The summed E-state index contributed by atoms with van der Waals surface area (Å²) in [7, 11) is 0. The number of anilines is 1. The average molecular weight is 396 g/mol. The average Bonchev–Trinajstić information content (AvgIpc) is 3.08. The molecule has 1 heterocycles. The van der Waals surface area contributed by atoms with Crippen molar-refractivity contribution in [2.75, 3.05) is 11.4 Å². The number of hydrogen-bond acceptors (Lipinski definition) is 3. The van der Waals surface area contributed by atoms with Gasteiger partial charge in [0.1, 0.15) is 6.07 Å². The first-order valence-corrected chi connectivity index (χ1v) is 10.1. The third-order valence-electron chi connectivity index (χ3n) is 5.71. The minimum absolute atomic E-state index is 0.0742. The van der Waals surface area contributed by atoms with Gasteiger partial charge in [0.2, 0.25) is 5.91 Å². The van der Waals surface area contributed by atoms with Gasteiger partial charge >= 0.3 is 0 Å². The van der Waals surface area contributed by atoms with E-state index in [0.717, 1.165) is 12.1 Å². The number of aryl methyl sites for hydroxylation is 1. The Morgan fingerprint density at radius 1 is 1.32 bits per heavy atom. The molecule has 0 spiro atoms. The lowest BCUT2D eigenvalue weighted by atomic mass is 10.1. The number of carbonyl (C=O) groups is 1. The molecule has 2 aromatic carbocycles. The zero-order chi connectivity index (χ0) is 20.3. The van der Waals surface area contributed by atoms with Gasteiger partial charge in [-0.05, 0) is 49.6 Å². The van der Waals surface area contributed by atoms with Gasteiger partial charge in [-0.25, -0.2) is 0 Å². The van der Waals surface area contributed by atoms with E-state index in [1.165, 1.54) is 11.1 Å². The van der Waals surface area contributed by atoms with E-state index in [4.69, 9.17) is 11.6 Å². The van der Waals surface area contributed by atoms with Crippen molar-refractivity contribution in [3.05, 3.63) is 64.2 Å². The highest BCUT2D eigenvalue weighted by atomic mass is 35.5. The second-order valence-corrected chi connectivity index (χ2v) is 7.90. The molecule has 1 amide bonds. The highest BCUT2D eigenvalue weighted by Crippen LogP contribution is 2.31. The number of benzene rings is 2. The summed E-state index contributed by atoms with van der Waals surface area (Å²) in [5.41, 5.74) is 3.84. The number of rotatable bonds is 6. The third-order valence-corrected chi connectivity index (χ3v) is 6.02. The Balaban J connectivity index is 1.96. The van der Waals surface area contributed by atoms with Crippen LogP contribution in [-0.2, 0) is 11.3 Å². The molecule has 1 saturated heterocycles. The Bertz CT molecular complexity index is 905. The first-order chi connectivity index (χ1) is 13.4. The Morgan fingerprint density at radius 3 is 2.71 bits per heavy atom. The highest BCUT2D eigenvalue weighted by molar-refractivity contribution is 6.32. The quantitative estimate of drug-likeness (QED) is 0.696. The largest absolute Gasteiger partial charge is 0.362 e. The molecule has 28 heavy (non-hydrogen) atoms.